The van der Waals surface area contributed by atoms with Gasteiger partial charge in [-0.1, -0.05) is 12.8 Å². The van der Waals surface area contributed by atoms with E-state index in [1.54, 1.807) is 10.9 Å². The Morgan fingerprint density at radius 2 is 2.04 bits per heavy atom. The smallest absolute Gasteiger partial charge is 0.245 e. The average Bonchev–Trinajstić information content (AvgIpc) is 3.16. The topological polar surface area (TPSA) is 84.7 Å². The van der Waals surface area contributed by atoms with Crippen molar-refractivity contribution >= 4 is 15.9 Å². The van der Waals surface area contributed by atoms with E-state index in [9.17, 15) is 13.2 Å². The van der Waals surface area contributed by atoms with Gasteiger partial charge in [-0.05, 0) is 12.8 Å². The Hall–Kier alpha value is -1.45. The van der Waals surface area contributed by atoms with Crippen molar-refractivity contribution in [3.8, 4) is 0 Å². The SMILES string of the molecule is Cn1ncc2c1CCN(S(C)(=O)=O)C2C(=O)N1CCOCC2(CCCC2)C1. The highest BCUT2D eigenvalue weighted by atomic mass is 32.2. The summed E-state index contributed by atoms with van der Waals surface area (Å²) >= 11 is 0. The molecule has 1 aromatic heterocycles. The maximum atomic E-state index is 13.6. The van der Waals surface area contributed by atoms with Gasteiger partial charge in [-0.15, -0.1) is 0 Å². The normalized spacial score (nSPS) is 26.1. The Kier molecular flexibility index (Phi) is 4.80. The summed E-state index contributed by atoms with van der Waals surface area (Å²) in [6.07, 6.45) is 7.85. The number of ether oxygens (including phenoxy) is 1. The maximum absolute atomic E-state index is 13.6. The number of sulfonamides is 1. The molecule has 1 unspecified atom stereocenters. The number of hydrogen-bond acceptors (Lipinski definition) is 5. The third-order valence-electron chi connectivity index (χ3n) is 6.32. The first-order valence-corrected chi connectivity index (χ1v) is 11.5. The molecule has 1 amide bonds. The van der Waals surface area contributed by atoms with E-state index in [-0.39, 0.29) is 11.3 Å². The zero-order chi connectivity index (χ0) is 19.2. The van der Waals surface area contributed by atoms with Crippen LogP contribution in [0.1, 0.15) is 43.0 Å². The van der Waals surface area contributed by atoms with Gasteiger partial charge in [0.25, 0.3) is 0 Å². The molecule has 1 spiro atoms. The van der Waals surface area contributed by atoms with Crippen LogP contribution in [0.15, 0.2) is 6.20 Å². The second kappa shape index (κ2) is 6.86. The number of carbonyl (C=O) groups excluding carboxylic acids is 1. The van der Waals surface area contributed by atoms with Crippen LogP contribution in [0.3, 0.4) is 0 Å². The van der Waals surface area contributed by atoms with Gasteiger partial charge >= 0.3 is 0 Å². The minimum absolute atomic E-state index is 0.0223. The largest absolute Gasteiger partial charge is 0.379 e. The van der Waals surface area contributed by atoms with Gasteiger partial charge in [0.1, 0.15) is 6.04 Å². The van der Waals surface area contributed by atoms with E-state index in [0.29, 0.717) is 44.8 Å². The van der Waals surface area contributed by atoms with E-state index >= 15 is 0 Å². The van der Waals surface area contributed by atoms with Gasteiger partial charge < -0.3 is 9.64 Å². The highest BCUT2D eigenvalue weighted by Crippen LogP contribution is 2.41. The van der Waals surface area contributed by atoms with Crippen LogP contribution < -0.4 is 0 Å². The van der Waals surface area contributed by atoms with Gasteiger partial charge in [-0.3, -0.25) is 9.48 Å². The summed E-state index contributed by atoms with van der Waals surface area (Å²) in [5.41, 5.74) is 1.67. The molecule has 1 aromatic rings. The second-order valence-electron chi connectivity index (χ2n) is 8.22. The molecule has 150 valence electrons. The monoisotopic (exact) mass is 396 g/mol. The molecule has 0 N–H and O–H groups in total. The summed E-state index contributed by atoms with van der Waals surface area (Å²) in [6.45, 7) is 2.64. The Morgan fingerprint density at radius 1 is 1.30 bits per heavy atom. The van der Waals surface area contributed by atoms with Crippen molar-refractivity contribution in [1.82, 2.24) is 19.0 Å². The molecule has 9 heteroatoms. The van der Waals surface area contributed by atoms with E-state index in [1.165, 1.54) is 10.6 Å². The molecule has 27 heavy (non-hydrogen) atoms. The van der Waals surface area contributed by atoms with E-state index in [0.717, 1.165) is 31.4 Å². The fraction of sp³-hybridized carbons (Fsp3) is 0.778. The molecule has 2 fully saturated rings. The predicted octanol–water partition coefficient (Wildman–Crippen LogP) is 0.698. The molecule has 1 saturated heterocycles. The van der Waals surface area contributed by atoms with Gasteiger partial charge in [0.2, 0.25) is 15.9 Å². The molecule has 2 aliphatic heterocycles. The first kappa shape index (κ1) is 18.9. The van der Waals surface area contributed by atoms with Crippen molar-refractivity contribution in [3.63, 3.8) is 0 Å². The molecule has 3 aliphatic rings. The van der Waals surface area contributed by atoms with Crippen LogP contribution in [0.2, 0.25) is 0 Å². The van der Waals surface area contributed by atoms with Crippen molar-refractivity contribution in [3.05, 3.63) is 17.5 Å². The van der Waals surface area contributed by atoms with Gasteiger partial charge in [-0.2, -0.15) is 9.40 Å². The van der Waals surface area contributed by atoms with Crippen molar-refractivity contribution in [1.29, 1.82) is 0 Å². The highest BCUT2D eigenvalue weighted by Gasteiger charge is 2.45. The van der Waals surface area contributed by atoms with Gasteiger partial charge in [0, 0.05) is 49.8 Å². The number of aromatic nitrogens is 2. The minimum Gasteiger partial charge on any atom is -0.379 e. The summed E-state index contributed by atoms with van der Waals surface area (Å²) < 4.78 is 33.8. The molecule has 1 atom stereocenters. The zero-order valence-electron chi connectivity index (χ0n) is 16.1. The number of rotatable bonds is 2. The van der Waals surface area contributed by atoms with E-state index in [1.807, 2.05) is 11.9 Å². The van der Waals surface area contributed by atoms with E-state index in [2.05, 4.69) is 5.10 Å². The first-order chi connectivity index (χ1) is 12.8. The zero-order valence-corrected chi connectivity index (χ0v) is 16.9. The summed E-state index contributed by atoms with van der Waals surface area (Å²) in [4.78, 5) is 15.4. The van der Waals surface area contributed by atoms with Crippen LogP contribution in [-0.2, 0) is 33.0 Å². The predicted molar refractivity (Wildman–Crippen MR) is 99.5 cm³/mol. The van der Waals surface area contributed by atoms with Crippen LogP contribution in [-0.4, -0.2) is 72.4 Å². The van der Waals surface area contributed by atoms with Crippen molar-refractivity contribution in [2.75, 3.05) is 39.1 Å². The lowest BCUT2D eigenvalue weighted by Crippen LogP contribution is -2.50. The third kappa shape index (κ3) is 3.40. The number of aryl methyl sites for hydroxylation is 1. The standard InChI is InChI=1S/C18H28N4O4S/c1-20-15-5-8-22(27(2,24)25)16(14(15)11-19-20)17(23)21-9-10-26-13-18(12-21)6-3-4-7-18/h11,16H,3-10,12-13H2,1-2H3. The van der Waals surface area contributed by atoms with E-state index < -0.39 is 16.1 Å². The maximum Gasteiger partial charge on any atom is 0.245 e. The van der Waals surface area contributed by atoms with Crippen LogP contribution in [0.25, 0.3) is 0 Å². The Morgan fingerprint density at radius 3 is 2.74 bits per heavy atom. The number of carbonyl (C=O) groups is 1. The van der Waals surface area contributed by atoms with Crippen LogP contribution >= 0.6 is 0 Å². The molecule has 1 saturated carbocycles. The molecule has 4 rings (SSSR count). The van der Waals surface area contributed by atoms with Gasteiger partial charge in [-0.25, -0.2) is 8.42 Å². The molecule has 8 nitrogen and oxygen atoms in total. The fourth-order valence-corrected chi connectivity index (χ4v) is 5.92. The highest BCUT2D eigenvalue weighted by molar-refractivity contribution is 7.88. The Balaban J connectivity index is 1.68. The Labute approximate surface area is 160 Å². The fourth-order valence-electron chi connectivity index (χ4n) is 4.91. The lowest BCUT2D eigenvalue weighted by Gasteiger charge is -2.38. The minimum atomic E-state index is -3.51. The molecular formula is C18H28N4O4S. The number of nitrogens with zero attached hydrogens (tertiary/aromatic N) is 4. The van der Waals surface area contributed by atoms with Gasteiger partial charge in [0.05, 0.1) is 25.7 Å². The molecule has 0 radical (unpaired) electrons. The van der Waals surface area contributed by atoms with Crippen LogP contribution in [0.4, 0.5) is 0 Å². The number of hydrogen-bond donors (Lipinski definition) is 0. The average molecular weight is 397 g/mol. The number of amides is 1. The van der Waals surface area contributed by atoms with E-state index in [4.69, 9.17) is 4.74 Å². The first-order valence-electron chi connectivity index (χ1n) is 9.65. The van der Waals surface area contributed by atoms with Crippen LogP contribution in [0, 0.1) is 5.41 Å². The summed E-state index contributed by atoms with van der Waals surface area (Å²) in [6, 6.07) is -0.825. The number of fused-ring (bicyclic) bond motifs is 1. The lowest BCUT2D eigenvalue weighted by molar-refractivity contribution is -0.137. The van der Waals surface area contributed by atoms with Gasteiger partial charge in [0.15, 0.2) is 0 Å². The quantitative estimate of drug-likeness (QED) is 0.735. The third-order valence-corrected chi connectivity index (χ3v) is 7.57. The van der Waals surface area contributed by atoms with Crippen molar-refractivity contribution in [2.24, 2.45) is 12.5 Å². The van der Waals surface area contributed by atoms with Crippen molar-refractivity contribution < 1.29 is 17.9 Å². The molecule has 0 aromatic carbocycles. The Bertz CT molecular complexity index is 828. The second-order valence-corrected chi connectivity index (χ2v) is 10.2. The summed E-state index contributed by atoms with van der Waals surface area (Å²) in [7, 11) is -1.67. The molecule has 1 aliphatic carbocycles. The van der Waals surface area contributed by atoms with Crippen molar-refractivity contribution in [2.45, 2.75) is 38.1 Å². The summed E-state index contributed by atoms with van der Waals surface area (Å²) in [5, 5.41) is 4.28. The lowest BCUT2D eigenvalue weighted by atomic mass is 9.86. The van der Waals surface area contributed by atoms with Crippen LogP contribution in [0.5, 0.6) is 0 Å². The molecule has 3 heterocycles. The summed E-state index contributed by atoms with van der Waals surface area (Å²) in [5.74, 6) is -0.147. The molecule has 0 bridgehead atoms. The molecular weight excluding hydrogens is 368 g/mol.